The van der Waals surface area contributed by atoms with Crippen LogP contribution in [0, 0.1) is 0 Å². The van der Waals surface area contributed by atoms with Gasteiger partial charge in [0.15, 0.2) is 30.7 Å². The number of nitrogens with zero attached hydrogens (tertiary/aromatic N) is 4. The number of rotatable bonds is 20. The first-order valence-electron chi connectivity index (χ1n) is 17.0. The summed E-state index contributed by atoms with van der Waals surface area (Å²) in [5.41, 5.74) is 0.574. The summed E-state index contributed by atoms with van der Waals surface area (Å²) in [5, 5.41) is 95.7. The van der Waals surface area contributed by atoms with E-state index < -0.39 is 27.7 Å². The van der Waals surface area contributed by atoms with Crippen LogP contribution in [0.4, 0.5) is 0 Å². The zero-order valence-electron chi connectivity index (χ0n) is 36.0. The first kappa shape index (κ1) is 72.0. The second-order valence-electron chi connectivity index (χ2n) is 9.95. The molecule has 2 N–H and O–H groups in total. The van der Waals surface area contributed by atoms with E-state index in [4.69, 9.17) is 93.6 Å². The van der Waals surface area contributed by atoms with Gasteiger partial charge in [0.2, 0.25) is 0 Å². The van der Waals surface area contributed by atoms with E-state index in [0.717, 1.165) is 40.5 Å². The van der Waals surface area contributed by atoms with Crippen LogP contribution < -0.4 is 40.1 Å². The zero-order valence-corrected chi connectivity index (χ0v) is 47.1. The van der Waals surface area contributed by atoms with Crippen LogP contribution in [0.2, 0.25) is 0 Å². The molecule has 65 heavy (non-hydrogen) atoms. The molecule has 3 rings (SSSR count). The van der Waals surface area contributed by atoms with Gasteiger partial charge in [-0.1, -0.05) is 129 Å². The summed E-state index contributed by atoms with van der Waals surface area (Å²) in [5.74, 6) is -4.10. The number of aliphatic hydroxyl groups excluding tert-OH is 2. The summed E-state index contributed by atoms with van der Waals surface area (Å²) in [6, 6.07) is 12.3. The van der Waals surface area contributed by atoms with Crippen LogP contribution in [0.1, 0.15) is 36.1 Å². The molecule has 3 aromatic rings. The molecule has 0 amide bonds. The summed E-state index contributed by atoms with van der Waals surface area (Å²) in [4.78, 5) is 37.9. The van der Waals surface area contributed by atoms with Gasteiger partial charge in [-0.2, -0.15) is 0 Å². The average molecular weight is 1130 g/mol. The summed E-state index contributed by atoms with van der Waals surface area (Å²) < 4.78 is 9.80. The fourth-order valence-electron chi connectivity index (χ4n) is 3.33. The van der Waals surface area contributed by atoms with Crippen molar-refractivity contribution in [2.24, 2.45) is 20.6 Å². The van der Waals surface area contributed by atoms with E-state index in [9.17, 15) is 20.4 Å². The molecule has 0 aliphatic heterocycles. The van der Waals surface area contributed by atoms with Gasteiger partial charge in [0, 0.05) is 26.2 Å². The normalized spacial score (nSPS) is 9.51. The molecule has 0 aliphatic rings. The molecule has 0 radical (unpaired) electrons. The molecule has 3 aromatic carbocycles. The van der Waals surface area contributed by atoms with Crippen molar-refractivity contribution in [2.75, 3.05) is 53.9 Å². The number of carbonyl (C=O) groups excluding carboxylic acids is 2. The van der Waals surface area contributed by atoms with Crippen LogP contribution in [0.15, 0.2) is 94.5 Å². The maximum atomic E-state index is 12.3. The Labute approximate surface area is 429 Å². The molecule has 0 heterocycles. The van der Waals surface area contributed by atoms with E-state index in [1.54, 1.807) is 36.4 Å². The number of oxime groups is 4. The molecule has 0 bridgehead atoms. The fourth-order valence-corrected chi connectivity index (χ4v) is 3.33. The van der Waals surface area contributed by atoms with Crippen molar-refractivity contribution in [3.05, 3.63) is 96.1 Å². The predicted octanol–water partition coefficient (Wildman–Crippen LogP) is 0.621. The first-order chi connectivity index (χ1) is 29.7. The second-order valence-corrected chi connectivity index (χ2v) is 11.9. The quantitative estimate of drug-likeness (QED) is 0.0391. The molecule has 0 saturated heterocycles. The van der Waals surface area contributed by atoms with E-state index in [2.05, 4.69) is 33.8 Å². The van der Waals surface area contributed by atoms with E-state index in [1.165, 1.54) is 36.7 Å². The minimum absolute atomic E-state index is 0. The monoisotopic (exact) mass is 1120 g/mol. The Balaban J connectivity index is -0.000000399. The van der Waals surface area contributed by atoms with Crippen molar-refractivity contribution in [1.29, 1.82) is 0 Å². The van der Waals surface area contributed by atoms with Crippen molar-refractivity contribution < 1.29 is 138 Å². The Morgan fingerprint density at radius 2 is 0.785 bits per heavy atom. The number of ether oxygens (including phenoxy) is 2. The predicted molar refractivity (Wildman–Crippen MR) is 222 cm³/mol. The summed E-state index contributed by atoms with van der Waals surface area (Å²) in [6.45, 7) is 9.38. The number of alkyl halides is 3. The van der Waals surface area contributed by atoms with Gasteiger partial charge in [-0.05, 0) is 48.2 Å². The van der Waals surface area contributed by atoms with Gasteiger partial charge in [-0.15, -0.1) is 11.5 Å². The number of benzene rings is 3. The van der Waals surface area contributed by atoms with Crippen molar-refractivity contribution in [1.82, 2.24) is 0 Å². The van der Waals surface area contributed by atoms with Crippen molar-refractivity contribution in [3.8, 4) is 34.5 Å². The van der Waals surface area contributed by atoms with Gasteiger partial charge in [0.1, 0.15) is 24.7 Å². The fraction of sp³-hybridized carbons (Fsp3) is 0.282. The molecular formula is C39H45Cl3N4O16Zn3. The summed E-state index contributed by atoms with van der Waals surface area (Å²) in [6.07, 6.45) is 7.75. The Bertz CT molecular complexity index is 1710. The molecule has 0 spiro atoms. The van der Waals surface area contributed by atoms with Gasteiger partial charge >= 0.3 is 58.4 Å². The van der Waals surface area contributed by atoms with Crippen molar-refractivity contribution in [3.63, 3.8) is 0 Å². The minimum Gasteiger partial charge on any atom is -0.872 e. The third kappa shape index (κ3) is 39.5. The number of aliphatic carboxylic acids is 2. The molecule has 0 aliphatic carbocycles. The molecule has 0 unspecified atom stereocenters. The first-order valence-corrected chi connectivity index (χ1v) is 18.3. The Kier molecular flexibility index (Phi) is 54.2. The third-order valence-corrected chi connectivity index (χ3v) is 5.50. The van der Waals surface area contributed by atoms with Crippen LogP contribution in [0.25, 0.3) is 0 Å². The van der Waals surface area contributed by atoms with Gasteiger partial charge in [-0.25, -0.2) is 0 Å². The molecule has 0 fully saturated rings. The molecule has 20 nitrogen and oxygen atoms in total. The number of aliphatic hydroxyl groups is 2. The van der Waals surface area contributed by atoms with Crippen LogP contribution in [-0.2, 0) is 87.4 Å². The molecule has 344 valence electrons. The summed E-state index contributed by atoms with van der Waals surface area (Å²) >= 11 is 14.4. The number of carbonyl (C=O) groups is 2. The van der Waals surface area contributed by atoms with Crippen molar-refractivity contribution in [2.45, 2.75) is 18.1 Å². The number of carboxylic acid groups (broad SMARTS) is 2. The smallest absolute Gasteiger partial charge is 0.872 e. The van der Waals surface area contributed by atoms with Crippen LogP contribution in [0.5, 0.6) is 34.5 Å². The van der Waals surface area contributed by atoms with E-state index >= 15 is 0 Å². The van der Waals surface area contributed by atoms with Crippen LogP contribution in [-0.4, -0.2) is 105 Å². The van der Waals surface area contributed by atoms with E-state index in [-0.39, 0.29) is 143 Å². The standard InChI is InChI=1S/C32H34N4O10.2C2H4O2.CHCl3.2CH4O.3Zn/c1-3-13-41-27-9-5-7-23(29(27)37)19-33-43-15-17-45-35-21-25-11-12-26(32(40)31(25)39)22-36-46-18-16-44-34-20-24-8-6-10-28(30(24)38)42-14-4-2;2*1-2(3)4;2-1(3)4;2*1-2;;;/h3-12,19-22,37-40H,1-2,13-18H2;2*1H3,(H,3,4);1H;2*2H,1H3;;;/q;;;;;;3*+2/p-6/b33-19+,34-20+,35-21+,36-22+;;;;;;;;. The zero-order chi connectivity index (χ0) is 47.7. The Morgan fingerprint density at radius 3 is 1.02 bits per heavy atom. The average Bonchev–Trinajstić information content (AvgIpc) is 3.23. The van der Waals surface area contributed by atoms with Gasteiger partial charge in [0.05, 0.1) is 24.9 Å². The van der Waals surface area contributed by atoms with Crippen LogP contribution >= 0.6 is 34.8 Å². The molecule has 0 atom stereocenters. The number of carboxylic acids is 2. The van der Waals surface area contributed by atoms with Gasteiger partial charge in [-0.3, -0.25) is 0 Å². The number of hydrogen-bond acceptors (Lipinski definition) is 20. The molecule has 26 heteroatoms. The largest absolute Gasteiger partial charge is 2.00 e. The maximum absolute atomic E-state index is 12.3. The Hall–Kier alpha value is -4.58. The minimum atomic E-state index is -1.08. The SMILES string of the molecule is C=CCOc1cccc(/C=N/OCCO/N=C/c2ccc(/C=N/OCCO/N=C/c3cccc(OCC=C)c3[O-])c([O-])c2[O-])c1[O-].CC(=O)[O-].CC(=O)[O-].CO.CO.ClC(Cl)Cl.[Zn+2].[Zn+2].[Zn+2]. The van der Waals surface area contributed by atoms with E-state index in [0.29, 0.717) is 0 Å². The number of para-hydroxylation sites is 2. The maximum Gasteiger partial charge on any atom is 2.00 e. The molecule has 0 aromatic heterocycles. The van der Waals surface area contributed by atoms with Crippen LogP contribution in [0.3, 0.4) is 0 Å². The number of halogens is 3. The van der Waals surface area contributed by atoms with Crippen molar-refractivity contribution >= 4 is 71.6 Å². The van der Waals surface area contributed by atoms with Gasteiger partial charge in [0.25, 0.3) is 0 Å². The number of hydrogen-bond donors (Lipinski definition) is 2. The third-order valence-electron chi connectivity index (χ3n) is 5.50. The topological polar surface area (TPSA) is 318 Å². The van der Waals surface area contributed by atoms with Gasteiger partial charge < -0.3 is 79.3 Å². The molecular weight excluding hydrogens is 1080 g/mol. The summed E-state index contributed by atoms with van der Waals surface area (Å²) in [7, 11) is 2.00. The second kappa shape index (κ2) is 48.9. The van der Waals surface area contributed by atoms with E-state index in [1.807, 2.05) is 0 Å². The Morgan fingerprint density at radius 1 is 0.554 bits per heavy atom. The molecule has 0 saturated carbocycles.